The van der Waals surface area contributed by atoms with Gasteiger partial charge in [0, 0.05) is 23.1 Å². The Balaban J connectivity index is 1.87. The van der Waals surface area contributed by atoms with Crippen LogP contribution in [0.3, 0.4) is 0 Å². The van der Waals surface area contributed by atoms with Crippen molar-refractivity contribution in [2.75, 3.05) is 26.3 Å². The minimum absolute atomic E-state index is 0.00455. The lowest BCUT2D eigenvalue weighted by Gasteiger charge is -2.30. The number of phenolic OH excluding ortho intramolecular Hbond substituents is 1. The summed E-state index contributed by atoms with van der Waals surface area (Å²) in [7, 11) is 0. The van der Waals surface area contributed by atoms with Gasteiger partial charge in [-0.05, 0) is 18.2 Å². The predicted octanol–water partition coefficient (Wildman–Crippen LogP) is 2.91. The van der Waals surface area contributed by atoms with Crippen molar-refractivity contribution in [2.45, 2.75) is 6.10 Å². The average molecular weight is 420 g/mol. The molecular formula is C19H18BrNO5. The Hall–Kier alpha value is -2.38. The number of carbonyl (C=O) groups is 2. The average Bonchev–Trinajstić information content (AvgIpc) is 2.68. The molecule has 1 aliphatic rings. The second kappa shape index (κ2) is 8.33. The van der Waals surface area contributed by atoms with E-state index >= 15 is 0 Å². The first-order chi connectivity index (χ1) is 12.6. The number of hydrogen-bond donors (Lipinski definition) is 1. The van der Waals surface area contributed by atoms with Crippen LogP contribution in [-0.4, -0.2) is 48.2 Å². The summed E-state index contributed by atoms with van der Waals surface area (Å²) in [6.07, 6.45) is -1.08. The lowest BCUT2D eigenvalue weighted by molar-refractivity contribution is -0.145. The topological polar surface area (TPSA) is 76.1 Å². The summed E-state index contributed by atoms with van der Waals surface area (Å²) in [6.45, 7) is 1.80. The Bertz CT molecular complexity index is 790. The van der Waals surface area contributed by atoms with Crippen LogP contribution in [0.2, 0.25) is 0 Å². The van der Waals surface area contributed by atoms with E-state index in [9.17, 15) is 14.7 Å². The van der Waals surface area contributed by atoms with Gasteiger partial charge in [0.1, 0.15) is 11.3 Å². The Kier molecular flexibility index (Phi) is 5.90. The van der Waals surface area contributed by atoms with E-state index in [1.54, 1.807) is 35.2 Å². The molecule has 0 spiro atoms. The van der Waals surface area contributed by atoms with Crippen LogP contribution in [0.1, 0.15) is 22.0 Å². The highest BCUT2D eigenvalue weighted by Crippen LogP contribution is 2.27. The number of aromatic hydroxyl groups is 1. The molecule has 0 aromatic heterocycles. The van der Waals surface area contributed by atoms with Crippen molar-refractivity contribution >= 4 is 27.8 Å². The van der Waals surface area contributed by atoms with Gasteiger partial charge in [-0.1, -0.05) is 46.3 Å². The van der Waals surface area contributed by atoms with Gasteiger partial charge in [0.05, 0.1) is 13.2 Å². The molecule has 1 saturated heterocycles. The molecule has 1 aliphatic heterocycles. The Labute approximate surface area is 159 Å². The van der Waals surface area contributed by atoms with Crippen LogP contribution in [0.15, 0.2) is 53.0 Å². The summed E-state index contributed by atoms with van der Waals surface area (Å²) in [5.74, 6) is -1.27. The van der Waals surface area contributed by atoms with E-state index in [0.717, 1.165) is 0 Å². The fourth-order valence-corrected chi connectivity index (χ4v) is 3.04. The van der Waals surface area contributed by atoms with Crippen LogP contribution >= 0.6 is 15.9 Å². The van der Waals surface area contributed by atoms with Crippen molar-refractivity contribution in [3.05, 3.63) is 64.1 Å². The number of morpholine rings is 1. The maximum Gasteiger partial charge on any atom is 0.343 e. The lowest BCUT2D eigenvalue weighted by Crippen LogP contribution is -2.44. The van der Waals surface area contributed by atoms with E-state index in [1.807, 2.05) is 6.07 Å². The lowest BCUT2D eigenvalue weighted by atomic mass is 10.1. The molecule has 136 valence electrons. The third-order valence-electron chi connectivity index (χ3n) is 4.05. The van der Waals surface area contributed by atoms with Crippen molar-refractivity contribution in [3.8, 4) is 5.75 Å². The van der Waals surface area contributed by atoms with Crippen molar-refractivity contribution in [2.24, 2.45) is 0 Å². The first kappa shape index (κ1) is 18.4. The number of phenols is 1. The van der Waals surface area contributed by atoms with Crippen LogP contribution in [0, 0.1) is 0 Å². The van der Waals surface area contributed by atoms with E-state index in [4.69, 9.17) is 9.47 Å². The normalized spacial score (nSPS) is 15.3. The fourth-order valence-electron chi connectivity index (χ4n) is 2.68. The van der Waals surface area contributed by atoms with Gasteiger partial charge in [-0.15, -0.1) is 0 Å². The molecule has 26 heavy (non-hydrogen) atoms. The van der Waals surface area contributed by atoms with E-state index in [-0.39, 0.29) is 17.2 Å². The second-order valence-electron chi connectivity index (χ2n) is 5.80. The maximum atomic E-state index is 12.9. The number of carbonyl (C=O) groups excluding carboxylic acids is 2. The highest BCUT2D eigenvalue weighted by Gasteiger charge is 2.31. The van der Waals surface area contributed by atoms with E-state index in [2.05, 4.69) is 15.9 Å². The highest BCUT2D eigenvalue weighted by molar-refractivity contribution is 9.10. The SMILES string of the molecule is O=C(O[C@H](C(=O)N1CCOCC1)c1ccccc1)c1cc(Br)ccc1O. The molecule has 1 amide bonds. The molecule has 0 aliphatic carbocycles. The first-order valence-electron chi connectivity index (χ1n) is 8.17. The minimum Gasteiger partial charge on any atom is -0.507 e. The molecule has 1 N–H and O–H groups in total. The number of esters is 1. The number of halogens is 1. The van der Waals surface area contributed by atoms with Crippen molar-refractivity contribution in [1.82, 2.24) is 4.90 Å². The number of hydrogen-bond acceptors (Lipinski definition) is 5. The predicted molar refractivity (Wildman–Crippen MR) is 97.8 cm³/mol. The zero-order chi connectivity index (χ0) is 18.5. The quantitative estimate of drug-likeness (QED) is 0.770. The van der Waals surface area contributed by atoms with Crippen LogP contribution in [0.5, 0.6) is 5.75 Å². The van der Waals surface area contributed by atoms with Crippen molar-refractivity contribution < 1.29 is 24.2 Å². The van der Waals surface area contributed by atoms with Crippen molar-refractivity contribution in [3.63, 3.8) is 0 Å². The minimum atomic E-state index is -1.08. The van der Waals surface area contributed by atoms with Crippen LogP contribution in [0.4, 0.5) is 0 Å². The number of amides is 1. The monoisotopic (exact) mass is 419 g/mol. The third-order valence-corrected chi connectivity index (χ3v) is 4.55. The number of ether oxygens (including phenoxy) is 2. The number of rotatable bonds is 4. The molecule has 1 heterocycles. The molecular weight excluding hydrogens is 402 g/mol. The first-order valence-corrected chi connectivity index (χ1v) is 8.96. The maximum absolute atomic E-state index is 12.9. The van der Waals surface area contributed by atoms with Crippen LogP contribution < -0.4 is 0 Å². The second-order valence-corrected chi connectivity index (χ2v) is 6.71. The van der Waals surface area contributed by atoms with Gasteiger partial charge in [-0.3, -0.25) is 4.79 Å². The Morgan fingerprint density at radius 1 is 1.12 bits per heavy atom. The van der Waals surface area contributed by atoms with Crippen LogP contribution in [-0.2, 0) is 14.3 Å². The van der Waals surface area contributed by atoms with Gasteiger partial charge in [0.25, 0.3) is 5.91 Å². The molecule has 7 heteroatoms. The van der Waals surface area contributed by atoms with Gasteiger partial charge in [-0.25, -0.2) is 4.79 Å². The summed E-state index contributed by atoms with van der Waals surface area (Å²) in [5, 5.41) is 9.94. The van der Waals surface area contributed by atoms with E-state index in [1.165, 1.54) is 12.1 Å². The molecule has 2 aromatic rings. The van der Waals surface area contributed by atoms with Gasteiger partial charge in [-0.2, -0.15) is 0 Å². The van der Waals surface area contributed by atoms with Crippen molar-refractivity contribution in [1.29, 1.82) is 0 Å². The van der Waals surface area contributed by atoms with E-state index in [0.29, 0.717) is 36.3 Å². The number of benzene rings is 2. The third kappa shape index (κ3) is 4.23. The smallest absolute Gasteiger partial charge is 0.343 e. The number of nitrogens with zero attached hydrogens (tertiary/aromatic N) is 1. The molecule has 0 unspecified atom stereocenters. The molecule has 0 radical (unpaired) electrons. The van der Waals surface area contributed by atoms with Crippen LogP contribution in [0.25, 0.3) is 0 Å². The zero-order valence-electron chi connectivity index (χ0n) is 13.9. The molecule has 3 rings (SSSR count). The molecule has 2 aromatic carbocycles. The molecule has 0 bridgehead atoms. The summed E-state index contributed by atoms with van der Waals surface area (Å²) >= 11 is 3.26. The van der Waals surface area contributed by atoms with Gasteiger partial charge in [0.2, 0.25) is 6.10 Å². The summed E-state index contributed by atoms with van der Waals surface area (Å²) in [4.78, 5) is 27.1. The van der Waals surface area contributed by atoms with Gasteiger partial charge >= 0.3 is 5.97 Å². The Morgan fingerprint density at radius 2 is 1.81 bits per heavy atom. The van der Waals surface area contributed by atoms with Gasteiger partial charge in [0.15, 0.2) is 0 Å². The summed E-state index contributed by atoms with van der Waals surface area (Å²) in [5.41, 5.74) is 0.571. The largest absolute Gasteiger partial charge is 0.507 e. The summed E-state index contributed by atoms with van der Waals surface area (Å²) < 4.78 is 11.4. The Morgan fingerprint density at radius 3 is 2.50 bits per heavy atom. The zero-order valence-corrected chi connectivity index (χ0v) is 15.5. The van der Waals surface area contributed by atoms with E-state index < -0.39 is 12.1 Å². The molecule has 6 nitrogen and oxygen atoms in total. The van der Waals surface area contributed by atoms with Gasteiger partial charge < -0.3 is 19.5 Å². The molecule has 1 atom stereocenters. The fraction of sp³-hybridized carbons (Fsp3) is 0.263. The standard InChI is InChI=1S/C19H18BrNO5/c20-14-6-7-16(22)15(12-14)19(24)26-17(13-4-2-1-3-5-13)18(23)21-8-10-25-11-9-21/h1-7,12,17,22H,8-11H2/t17-/m0/s1. The summed E-state index contributed by atoms with van der Waals surface area (Å²) in [6, 6.07) is 13.3. The molecule has 0 saturated carbocycles. The highest BCUT2D eigenvalue weighted by atomic mass is 79.9. The molecule has 1 fully saturated rings.